The van der Waals surface area contributed by atoms with Gasteiger partial charge in [0.25, 0.3) is 0 Å². The number of hydrogen-bond donors (Lipinski definition) is 1. The van der Waals surface area contributed by atoms with E-state index in [4.69, 9.17) is 0 Å². The molecule has 0 saturated carbocycles. The van der Waals surface area contributed by atoms with Crippen molar-refractivity contribution in [2.75, 3.05) is 18.9 Å². The van der Waals surface area contributed by atoms with E-state index in [1.54, 1.807) is 7.05 Å². The van der Waals surface area contributed by atoms with Gasteiger partial charge in [0.15, 0.2) is 0 Å². The zero-order valence-electron chi connectivity index (χ0n) is 8.56. The molecule has 0 radical (unpaired) electrons. The molecule has 1 rings (SSSR count). The number of rotatable bonds is 4. The second-order valence-corrected chi connectivity index (χ2v) is 4.11. The Morgan fingerprint density at radius 1 is 1.60 bits per heavy atom. The molecule has 2 amide bonds. The van der Waals surface area contributed by atoms with Gasteiger partial charge in [-0.05, 0) is 6.92 Å². The summed E-state index contributed by atoms with van der Waals surface area (Å²) in [7, 11) is 1.62. The number of nitrogens with zero attached hydrogens (tertiary/aromatic N) is 3. The van der Waals surface area contributed by atoms with Gasteiger partial charge in [0, 0.05) is 20.0 Å². The first kappa shape index (κ1) is 11.6. The number of hydrogen-bond acceptors (Lipinski definition) is 5. The molecule has 0 fully saturated rings. The minimum Gasteiger partial charge on any atom is -0.327 e. The quantitative estimate of drug-likeness (QED) is 0.777. The Balaban J connectivity index is 2.44. The summed E-state index contributed by atoms with van der Waals surface area (Å²) in [5.41, 5.74) is 0. The molecule has 6 nitrogen and oxygen atoms in total. The molecule has 0 aliphatic heterocycles. The summed E-state index contributed by atoms with van der Waals surface area (Å²) in [5.74, 6) is 0. The Bertz CT molecular complexity index is 352. The topological polar surface area (TPSA) is 75.2 Å². The maximum atomic E-state index is 11.5. The molecule has 0 atom stereocenters. The Labute approximate surface area is 91.3 Å². The molecule has 0 saturated heterocycles. The summed E-state index contributed by atoms with van der Waals surface area (Å²) in [6.45, 7) is 2.20. The second kappa shape index (κ2) is 5.40. The van der Waals surface area contributed by atoms with E-state index in [0.29, 0.717) is 18.1 Å². The lowest BCUT2D eigenvalue weighted by atomic mass is 10.4. The van der Waals surface area contributed by atoms with Crippen LogP contribution in [0.2, 0.25) is 0 Å². The van der Waals surface area contributed by atoms with Gasteiger partial charge in [0.1, 0.15) is 11.3 Å². The Hall–Kier alpha value is -1.50. The summed E-state index contributed by atoms with van der Waals surface area (Å²) in [6.07, 6.45) is 1.11. The van der Waals surface area contributed by atoms with Gasteiger partial charge in [-0.2, -0.15) is 0 Å². The molecule has 0 bridgehead atoms. The number of aromatic nitrogens is 2. The van der Waals surface area contributed by atoms with Gasteiger partial charge < -0.3 is 9.69 Å². The Morgan fingerprint density at radius 2 is 2.33 bits per heavy atom. The highest BCUT2D eigenvalue weighted by Gasteiger charge is 2.10. The van der Waals surface area contributed by atoms with Crippen LogP contribution in [0.3, 0.4) is 0 Å². The van der Waals surface area contributed by atoms with Crippen molar-refractivity contribution < 1.29 is 9.59 Å². The number of anilines is 1. The number of carbonyl (C=O) groups is 2. The van der Waals surface area contributed by atoms with Crippen molar-refractivity contribution >= 4 is 28.8 Å². The van der Waals surface area contributed by atoms with Gasteiger partial charge in [-0.3, -0.25) is 5.32 Å². The lowest BCUT2D eigenvalue weighted by Crippen LogP contribution is -2.32. The monoisotopic (exact) mass is 228 g/mol. The van der Waals surface area contributed by atoms with Crippen LogP contribution < -0.4 is 5.32 Å². The molecular weight excluding hydrogens is 216 g/mol. The van der Waals surface area contributed by atoms with E-state index in [1.165, 1.54) is 16.2 Å². The van der Waals surface area contributed by atoms with Crippen LogP contribution in [0.4, 0.5) is 9.93 Å². The first-order valence-corrected chi connectivity index (χ1v) is 5.21. The first-order chi connectivity index (χ1) is 7.13. The molecule has 0 aliphatic carbocycles. The van der Waals surface area contributed by atoms with Crippen molar-refractivity contribution in [3.63, 3.8) is 0 Å². The summed E-state index contributed by atoms with van der Waals surface area (Å²) < 4.78 is 0. The molecule has 0 spiro atoms. The highest BCUT2D eigenvalue weighted by molar-refractivity contribution is 7.15. The van der Waals surface area contributed by atoms with Crippen molar-refractivity contribution in [1.29, 1.82) is 0 Å². The summed E-state index contributed by atoms with van der Waals surface area (Å²) in [5, 5.41) is 11.4. The van der Waals surface area contributed by atoms with Crippen molar-refractivity contribution in [3.05, 3.63) is 5.01 Å². The highest BCUT2D eigenvalue weighted by Crippen LogP contribution is 2.13. The van der Waals surface area contributed by atoms with Crippen LogP contribution in [-0.2, 0) is 4.79 Å². The molecule has 0 aromatic carbocycles. The van der Waals surface area contributed by atoms with Crippen LogP contribution in [0.5, 0.6) is 0 Å². The standard InChI is InChI=1S/C8H12N4O2S/c1-6-10-11-7(15-6)9-8(14)12(2)4-3-5-13/h5H,3-4H2,1-2H3,(H,9,11,14). The van der Waals surface area contributed by atoms with E-state index in [1.807, 2.05) is 6.92 Å². The molecule has 1 N–H and O–H groups in total. The van der Waals surface area contributed by atoms with Gasteiger partial charge in [-0.15, -0.1) is 10.2 Å². The largest absolute Gasteiger partial charge is 0.327 e. The molecule has 0 aliphatic rings. The molecule has 1 aromatic rings. The Kier molecular flexibility index (Phi) is 4.17. The van der Waals surface area contributed by atoms with Crippen molar-refractivity contribution in [2.45, 2.75) is 13.3 Å². The molecule has 1 aromatic heterocycles. The van der Waals surface area contributed by atoms with E-state index in [2.05, 4.69) is 15.5 Å². The average molecular weight is 228 g/mol. The summed E-state index contributed by atoms with van der Waals surface area (Å²) >= 11 is 1.31. The fourth-order valence-corrected chi connectivity index (χ4v) is 1.46. The number of urea groups is 1. The van der Waals surface area contributed by atoms with Gasteiger partial charge in [-0.25, -0.2) is 4.79 Å². The van der Waals surface area contributed by atoms with Crippen LogP contribution in [0.1, 0.15) is 11.4 Å². The fourth-order valence-electron chi connectivity index (χ4n) is 0.882. The number of nitrogens with one attached hydrogen (secondary N) is 1. The third-order valence-corrected chi connectivity index (χ3v) is 2.42. The summed E-state index contributed by atoms with van der Waals surface area (Å²) in [4.78, 5) is 23.0. The molecule has 0 unspecified atom stereocenters. The maximum absolute atomic E-state index is 11.5. The molecule has 1 heterocycles. The van der Waals surface area contributed by atoms with E-state index in [-0.39, 0.29) is 6.03 Å². The van der Waals surface area contributed by atoms with Crippen molar-refractivity contribution in [2.24, 2.45) is 0 Å². The van der Waals surface area contributed by atoms with Crippen LogP contribution in [0, 0.1) is 6.92 Å². The minimum atomic E-state index is -0.284. The lowest BCUT2D eigenvalue weighted by molar-refractivity contribution is -0.107. The third kappa shape index (κ3) is 3.62. The van der Waals surface area contributed by atoms with Crippen molar-refractivity contribution in [1.82, 2.24) is 15.1 Å². The Morgan fingerprint density at radius 3 is 2.87 bits per heavy atom. The van der Waals surface area contributed by atoms with Gasteiger partial charge in [-0.1, -0.05) is 11.3 Å². The lowest BCUT2D eigenvalue weighted by Gasteiger charge is -2.14. The molecule has 7 heteroatoms. The van der Waals surface area contributed by atoms with Gasteiger partial charge in [0.2, 0.25) is 5.13 Å². The minimum absolute atomic E-state index is 0.284. The zero-order valence-corrected chi connectivity index (χ0v) is 9.37. The predicted molar refractivity (Wildman–Crippen MR) is 57.0 cm³/mol. The molecule has 82 valence electrons. The number of amides is 2. The number of carbonyl (C=O) groups excluding carboxylic acids is 2. The maximum Gasteiger partial charge on any atom is 0.323 e. The van der Waals surface area contributed by atoms with Crippen LogP contribution >= 0.6 is 11.3 Å². The average Bonchev–Trinajstić information content (AvgIpc) is 2.60. The van der Waals surface area contributed by atoms with E-state index < -0.39 is 0 Å². The smallest absolute Gasteiger partial charge is 0.323 e. The van der Waals surface area contributed by atoms with E-state index in [0.717, 1.165) is 11.3 Å². The van der Waals surface area contributed by atoms with Crippen molar-refractivity contribution in [3.8, 4) is 0 Å². The molecular formula is C8H12N4O2S. The van der Waals surface area contributed by atoms with E-state index >= 15 is 0 Å². The third-order valence-electron chi connectivity index (χ3n) is 1.67. The van der Waals surface area contributed by atoms with Gasteiger partial charge >= 0.3 is 6.03 Å². The van der Waals surface area contributed by atoms with E-state index in [9.17, 15) is 9.59 Å². The number of aryl methyl sites for hydroxylation is 1. The number of aldehydes is 1. The zero-order chi connectivity index (χ0) is 11.3. The SMILES string of the molecule is Cc1nnc(NC(=O)N(C)CCC=O)s1. The predicted octanol–water partition coefficient (Wildman–Crippen LogP) is 0.899. The van der Waals surface area contributed by atoms with Crippen LogP contribution in [-0.4, -0.2) is 41.0 Å². The van der Waals surface area contributed by atoms with Gasteiger partial charge in [0.05, 0.1) is 0 Å². The molecule has 15 heavy (non-hydrogen) atoms. The second-order valence-electron chi connectivity index (χ2n) is 2.93. The van der Waals surface area contributed by atoms with Crippen LogP contribution in [0.15, 0.2) is 0 Å². The highest BCUT2D eigenvalue weighted by atomic mass is 32.1. The fraction of sp³-hybridized carbons (Fsp3) is 0.500. The normalized spacial score (nSPS) is 9.73. The summed E-state index contributed by atoms with van der Waals surface area (Å²) in [6, 6.07) is -0.284. The van der Waals surface area contributed by atoms with Crippen LogP contribution in [0.25, 0.3) is 0 Å². The first-order valence-electron chi connectivity index (χ1n) is 4.39.